The number of rotatable bonds is 3. The Kier molecular flexibility index (Phi) is 3.12. The van der Waals surface area contributed by atoms with Crippen LogP contribution >= 0.6 is 0 Å². The van der Waals surface area contributed by atoms with E-state index in [4.69, 9.17) is 4.74 Å². The normalized spacial score (nSPS) is 19.8. The van der Waals surface area contributed by atoms with Gasteiger partial charge in [-0.3, -0.25) is 4.79 Å². The van der Waals surface area contributed by atoms with Crippen LogP contribution in [-0.4, -0.2) is 12.6 Å². The molecule has 0 heterocycles. The molecule has 0 radical (unpaired) electrons. The molecular formula is C11H18O2. The lowest BCUT2D eigenvalue weighted by atomic mass is 9.89. The third-order valence-corrected chi connectivity index (χ3v) is 2.65. The molecule has 74 valence electrons. The second kappa shape index (κ2) is 3.95. The summed E-state index contributed by atoms with van der Waals surface area (Å²) >= 11 is 0. The van der Waals surface area contributed by atoms with Crippen LogP contribution in [0.5, 0.6) is 0 Å². The third-order valence-electron chi connectivity index (χ3n) is 2.65. The lowest BCUT2D eigenvalue weighted by molar-refractivity contribution is -0.153. The molecule has 0 bridgehead atoms. The van der Waals surface area contributed by atoms with E-state index in [2.05, 4.69) is 6.58 Å². The molecule has 0 amide bonds. The topological polar surface area (TPSA) is 26.3 Å². The molecule has 0 saturated heterocycles. The Morgan fingerprint density at radius 2 is 2.00 bits per heavy atom. The van der Waals surface area contributed by atoms with Crippen LogP contribution in [-0.2, 0) is 9.53 Å². The molecule has 1 fully saturated rings. The van der Waals surface area contributed by atoms with Gasteiger partial charge in [0, 0.05) is 0 Å². The first-order valence-electron chi connectivity index (χ1n) is 4.86. The van der Waals surface area contributed by atoms with Crippen LogP contribution in [0.25, 0.3) is 0 Å². The van der Waals surface area contributed by atoms with Gasteiger partial charge < -0.3 is 4.74 Å². The average Bonchev–Trinajstić information content (AvgIpc) is 2.49. The quantitative estimate of drug-likeness (QED) is 0.495. The molecule has 1 saturated carbocycles. The SMILES string of the molecule is C=C(C)COC(=O)C1(C)CCCC1. The maximum atomic E-state index is 11.6. The fourth-order valence-corrected chi connectivity index (χ4v) is 1.72. The Labute approximate surface area is 80.0 Å². The van der Waals surface area contributed by atoms with E-state index in [1.165, 1.54) is 0 Å². The van der Waals surface area contributed by atoms with Crippen molar-refractivity contribution in [2.75, 3.05) is 6.61 Å². The summed E-state index contributed by atoms with van der Waals surface area (Å²) in [4.78, 5) is 11.6. The zero-order valence-corrected chi connectivity index (χ0v) is 8.56. The van der Waals surface area contributed by atoms with Gasteiger partial charge in [-0.15, -0.1) is 0 Å². The summed E-state index contributed by atoms with van der Waals surface area (Å²) in [7, 11) is 0. The minimum absolute atomic E-state index is 0.0481. The van der Waals surface area contributed by atoms with Crippen molar-refractivity contribution >= 4 is 5.97 Å². The highest BCUT2D eigenvalue weighted by molar-refractivity contribution is 5.76. The van der Waals surface area contributed by atoms with E-state index in [-0.39, 0.29) is 11.4 Å². The number of ether oxygens (including phenoxy) is 1. The molecule has 0 aliphatic heterocycles. The molecule has 13 heavy (non-hydrogen) atoms. The summed E-state index contributed by atoms with van der Waals surface area (Å²) in [5, 5.41) is 0. The molecular weight excluding hydrogens is 164 g/mol. The van der Waals surface area contributed by atoms with Crippen LogP contribution in [0.3, 0.4) is 0 Å². The van der Waals surface area contributed by atoms with Crippen molar-refractivity contribution < 1.29 is 9.53 Å². The minimum Gasteiger partial charge on any atom is -0.461 e. The van der Waals surface area contributed by atoms with Gasteiger partial charge in [0.25, 0.3) is 0 Å². The van der Waals surface area contributed by atoms with E-state index in [0.29, 0.717) is 6.61 Å². The van der Waals surface area contributed by atoms with Gasteiger partial charge >= 0.3 is 5.97 Å². The summed E-state index contributed by atoms with van der Waals surface area (Å²) in [6.07, 6.45) is 4.25. The van der Waals surface area contributed by atoms with Crippen LogP contribution in [0.15, 0.2) is 12.2 Å². The number of hydrogen-bond acceptors (Lipinski definition) is 2. The predicted molar refractivity (Wildman–Crippen MR) is 52.3 cm³/mol. The number of esters is 1. The summed E-state index contributed by atoms with van der Waals surface area (Å²) in [6.45, 7) is 7.93. The zero-order chi connectivity index (χ0) is 9.90. The molecule has 1 rings (SSSR count). The van der Waals surface area contributed by atoms with E-state index < -0.39 is 0 Å². The minimum atomic E-state index is -0.213. The van der Waals surface area contributed by atoms with Crippen molar-refractivity contribution in [3.8, 4) is 0 Å². The smallest absolute Gasteiger partial charge is 0.312 e. The van der Waals surface area contributed by atoms with Gasteiger partial charge in [0.05, 0.1) is 5.41 Å². The molecule has 0 N–H and O–H groups in total. The number of carbonyl (C=O) groups is 1. The first-order chi connectivity index (χ1) is 6.04. The van der Waals surface area contributed by atoms with Crippen LogP contribution < -0.4 is 0 Å². The van der Waals surface area contributed by atoms with E-state index in [1.807, 2.05) is 13.8 Å². The van der Waals surface area contributed by atoms with Crippen LogP contribution in [0, 0.1) is 5.41 Å². The van der Waals surface area contributed by atoms with Crippen molar-refractivity contribution in [2.45, 2.75) is 39.5 Å². The largest absolute Gasteiger partial charge is 0.461 e. The lowest BCUT2D eigenvalue weighted by Gasteiger charge is -2.20. The average molecular weight is 182 g/mol. The maximum Gasteiger partial charge on any atom is 0.312 e. The molecule has 2 nitrogen and oxygen atoms in total. The first-order valence-corrected chi connectivity index (χ1v) is 4.86. The van der Waals surface area contributed by atoms with Gasteiger partial charge in [0.1, 0.15) is 6.61 Å². The van der Waals surface area contributed by atoms with Gasteiger partial charge in [0.15, 0.2) is 0 Å². The summed E-state index contributed by atoms with van der Waals surface area (Å²) in [5.74, 6) is -0.0481. The van der Waals surface area contributed by atoms with Crippen LogP contribution in [0.2, 0.25) is 0 Å². The van der Waals surface area contributed by atoms with Crippen molar-refractivity contribution in [3.05, 3.63) is 12.2 Å². The first kappa shape index (κ1) is 10.3. The Morgan fingerprint density at radius 3 is 2.46 bits per heavy atom. The highest BCUT2D eigenvalue weighted by Crippen LogP contribution is 2.38. The van der Waals surface area contributed by atoms with E-state index in [9.17, 15) is 4.79 Å². The standard InChI is InChI=1S/C11H18O2/c1-9(2)8-13-10(12)11(3)6-4-5-7-11/h1,4-8H2,2-3H3. The Balaban J connectivity index is 2.42. The molecule has 1 aliphatic rings. The maximum absolute atomic E-state index is 11.6. The van der Waals surface area contributed by atoms with Gasteiger partial charge in [-0.1, -0.05) is 19.4 Å². The molecule has 1 aliphatic carbocycles. The van der Waals surface area contributed by atoms with Crippen LogP contribution in [0.1, 0.15) is 39.5 Å². The van der Waals surface area contributed by atoms with Crippen LogP contribution in [0.4, 0.5) is 0 Å². The summed E-state index contributed by atoms with van der Waals surface area (Å²) in [5.41, 5.74) is 0.685. The molecule has 0 aromatic heterocycles. The third kappa shape index (κ3) is 2.58. The van der Waals surface area contributed by atoms with Crippen molar-refractivity contribution in [1.29, 1.82) is 0 Å². The van der Waals surface area contributed by atoms with Gasteiger partial charge in [-0.05, 0) is 32.3 Å². The number of carbonyl (C=O) groups excluding carboxylic acids is 1. The highest BCUT2D eigenvalue weighted by Gasteiger charge is 2.37. The summed E-state index contributed by atoms with van der Waals surface area (Å²) < 4.78 is 5.15. The van der Waals surface area contributed by atoms with Gasteiger partial charge in [0.2, 0.25) is 0 Å². The second-order valence-corrected chi connectivity index (χ2v) is 4.30. The van der Waals surface area contributed by atoms with E-state index >= 15 is 0 Å². The van der Waals surface area contributed by atoms with E-state index in [1.54, 1.807) is 0 Å². The van der Waals surface area contributed by atoms with Gasteiger partial charge in [-0.25, -0.2) is 0 Å². The molecule has 0 aromatic carbocycles. The van der Waals surface area contributed by atoms with Gasteiger partial charge in [-0.2, -0.15) is 0 Å². The number of hydrogen-bond donors (Lipinski definition) is 0. The Hall–Kier alpha value is -0.790. The molecule has 0 spiro atoms. The monoisotopic (exact) mass is 182 g/mol. The Bertz CT molecular complexity index is 212. The molecule has 2 heteroatoms. The van der Waals surface area contributed by atoms with E-state index in [0.717, 1.165) is 31.3 Å². The van der Waals surface area contributed by atoms with Crippen molar-refractivity contribution in [3.63, 3.8) is 0 Å². The fraction of sp³-hybridized carbons (Fsp3) is 0.727. The lowest BCUT2D eigenvalue weighted by Crippen LogP contribution is -2.27. The molecule has 0 aromatic rings. The zero-order valence-electron chi connectivity index (χ0n) is 8.56. The fourth-order valence-electron chi connectivity index (χ4n) is 1.72. The highest BCUT2D eigenvalue weighted by atomic mass is 16.5. The van der Waals surface area contributed by atoms with Crippen molar-refractivity contribution in [1.82, 2.24) is 0 Å². The molecule has 0 unspecified atom stereocenters. The predicted octanol–water partition coefficient (Wildman–Crippen LogP) is 2.69. The Morgan fingerprint density at radius 1 is 1.46 bits per heavy atom. The second-order valence-electron chi connectivity index (χ2n) is 4.30. The molecule has 0 atom stereocenters. The van der Waals surface area contributed by atoms with Crippen molar-refractivity contribution in [2.24, 2.45) is 5.41 Å². The summed E-state index contributed by atoms with van der Waals surface area (Å²) in [6, 6.07) is 0.